The van der Waals surface area contributed by atoms with E-state index >= 15 is 0 Å². The van der Waals surface area contributed by atoms with Gasteiger partial charge in [0, 0.05) is 44.9 Å². The Bertz CT molecular complexity index is 1160. The molecule has 1 aliphatic heterocycles. The highest BCUT2D eigenvalue weighted by molar-refractivity contribution is 7.89. The van der Waals surface area contributed by atoms with Crippen LogP contribution in [0.25, 0.3) is 0 Å². The second-order valence-corrected chi connectivity index (χ2v) is 11.5. The highest BCUT2D eigenvalue weighted by Crippen LogP contribution is 2.22. The number of methoxy groups -OCH3 is 1. The number of sulfonamides is 1. The van der Waals surface area contributed by atoms with Crippen LogP contribution in [0, 0.1) is 12.7 Å². The van der Waals surface area contributed by atoms with Crippen molar-refractivity contribution >= 4 is 21.8 Å². The number of rotatable bonds is 11. The molecule has 0 radical (unpaired) electrons. The van der Waals surface area contributed by atoms with Gasteiger partial charge in [-0.2, -0.15) is 4.31 Å². The molecule has 202 valence electrons. The summed E-state index contributed by atoms with van der Waals surface area (Å²) in [5, 5.41) is 0. The molecule has 3 rings (SSSR count). The summed E-state index contributed by atoms with van der Waals surface area (Å²) in [6, 6.07) is 13.3. The average Bonchev–Trinajstić information content (AvgIpc) is 2.89. The molecule has 0 bridgehead atoms. The van der Waals surface area contributed by atoms with Crippen LogP contribution in [0.15, 0.2) is 48.5 Å². The first kappa shape index (κ1) is 28.7. The predicted molar refractivity (Wildman–Crippen MR) is 140 cm³/mol. The number of piperidine rings is 1. The van der Waals surface area contributed by atoms with Gasteiger partial charge in [-0.3, -0.25) is 9.59 Å². The Hall–Kier alpha value is -2.82. The van der Waals surface area contributed by atoms with Gasteiger partial charge in [0.2, 0.25) is 15.9 Å². The molecule has 0 aromatic heterocycles. The molecule has 8 nitrogen and oxygen atoms in total. The maximum atomic E-state index is 13.9. The Labute approximate surface area is 219 Å². The third-order valence-electron chi connectivity index (χ3n) is 6.67. The quantitative estimate of drug-likeness (QED) is 0.443. The fourth-order valence-electron chi connectivity index (χ4n) is 4.45. The van der Waals surface area contributed by atoms with Crippen LogP contribution < -0.4 is 0 Å². The monoisotopic (exact) mass is 533 g/mol. The zero-order valence-corrected chi connectivity index (χ0v) is 22.5. The topological polar surface area (TPSA) is 87.2 Å². The van der Waals surface area contributed by atoms with Crippen molar-refractivity contribution in [2.24, 2.45) is 0 Å². The molecular weight excluding hydrogens is 497 g/mol. The molecule has 37 heavy (non-hydrogen) atoms. The minimum atomic E-state index is -3.63. The fraction of sp³-hybridized carbons (Fsp3) is 0.481. The van der Waals surface area contributed by atoms with Gasteiger partial charge in [0.15, 0.2) is 0 Å². The second kappa shape index (κ2) is 13.1. The number of benzene rings is 2. The molecule has 1 heterocycles. The SMILES string of the molecule is CCS(=O)(=O)N(CCOC)CC(=O)N(Cc1cccc(F)c1)C1CCN(C(=O)c2ccc(C)cc2)CC1. The number of ether oxygens (including phenoxy) is 1. The van der Waals surface area contributed by atoms with Gasteiger partial charge < -0.3 is 14.5 Å². The van der Waals surface area contributed by atoms with Gasteiger partial charge in [0.25, 0.3) is 5.91 Å². The Kier molecular flexibility index (Phi) is 10.2. The van der Waals surface area contributed by atoms with Crippen LogP contribution in [0.2, 0.25) is 0 Å². The normalized spacial score (nSPS) is 14.7. The van der Waals surface area contributed by atoms with E-state index in [0.717, 1.165) is 9.87 Å². The van der Waals surface area contributed by atoms with Gasteiger partial charge in [0.1, 0.15) is 5.82 Å². The van der Waals surface area contributed by atoms with Crippen LogP contribution in [-0.4, -0.2) is 86.0 Å². The minimum absolute atomic E-state index is 0.0544. The summed E-state index contributed by atoms with van der Waals surface area (Å²) in [6.07, 6.45) is 1.08. The predicted octanol–water partition coefficient (Wildman–Crippen LogP) is 3.07. The molecule has 0 atom stereocenters. The Morgan fingerprint density at radius 1 is 1.11 bits per heavy atom. The lowest BCUT2D eigenvalue weighted by Crippen LogP contribution is -2.51. The number of hydrogen-bond donors (Lipinski definition) is 0. The van der Waals surface area contributed by atoms with E-state index in [2.05, 4.69) is 0 Å². The van der Waals surface area contributed by atoms with Gasteiger partial charge in [-0.1, -0.05) is 29.8 Å². The van der Waals surface area contributed by atoms with Crippen LogP contribution in [-0.2, 0) is 26.1 Å². The van der Waals surface area contributed by atoms with E-state index in [1.807, 2.05) is 31.2 Å². The molecular formula is C27H36FN3O5S. The molecule has 1 fully saturated rings. The summed E-state index contributed by atoms with van der Waals surface area (Å²) in [5.41, 5.74) is 2.31. The first-order valence-corrected chi connectivity index (χ1v) is 14.1. The van der Waals surface area contributed by atoms with Gasteiger partial charge >= 0.3 is 0 Å². The molecule has 1 saturated heterocycles. The van der Waals surface area contributed by atoms with Crippen molar-refractivity contribution in [1.29, 1.82) is 0 Å². The van der Waals surface area contributed by atoms with E-state index in [0.29, 0.717) is 37.1 Å². The molecule has 0 N–H and O–H groups in total. The zero-order valence-electron chi connectivity index (χ0n) is 21.7. The zero-order chi connectivity index (χ0) is 27.0. The van der Waals surface area contributed by atoms with Crippen LogP contribution in [0.5, 0.6) is 0 Å². The van der Waals surface area contributed by atoms with Crippen LogP contribution in [0.4, 0.5) is 4.39 Å². The maximum Gasteiger partial charge on any atom is 0.253 e. The van der Waals surface area contributed by atoms with Crippen molar-refractivity contribution in [3.8, 4) is 0 Å². The smallest absolute Gasteiger partial charge is 0.253 e. The van der Waals surface area contributed by atoms with Crippen LogP contribution in [0.3, 0.4) is 0 Å². The Morgan fingerprint density at radius 3 is 2.38 bits per heavy atom. The Balaban J connectivity index is 1.77. The second-order valence-electron chi connectivity index (χ2n) is 9.27. The van der Waals surface area contributed by atoms with Crippen molar-refractivity contribution in [3.05, 3.63) is 71.0 Å². The number of amides is 2. The van der Waals surface area contributed by atoms with E-state index in [4.69, 9.17) is 4.74 Å². The van der Waals surface area contributed by atoms with E-state index < -0.39 is 15.8 Å². The van der Waals surface area contributed by atoms with Crippen LogP contribution in [0.1, 0.15) is 41.3 Å². The molecule has 1 aliphatic rings. The lowest BCUT2D eigenvalue weighted by Gasteiger charge is -2.39. The summed E-state index contributed by atoms with van der Waals surface area (Å²) in [4.78, 5) is 29.9. The molecule has 0 aliphatic carbocycles. The van der Waals surface area contributed by atoms with Crippen molar-refractivity contribution in [2.75, 3.05) is 45.6 Å². The number of carbonyl (C=O) groups excluding carboxylic acids is 2. The molecule has 10 heteroatoms. The standard InChI is InChI=1S/C27H36FN3O5S/c1-4-37(34,35)30(16-17-36-3)20-26(32)31(19-22-6-5-7-24(28)18-22)25-12-14-29(15-13-25)27(33)23-10-8-21(2)9-11-23/h5-11,18,25H,4,12-17,19-20H2,1-3H3. The first-order chi connectivity index (χ1) is 17.6. The van der Waals surface area contributed by atoms with Gasteiger partial charge in [0.05, 0.1) is 18.9 Å². The van der Waals surface area contributed by atoms with Crippen LogP contribution >= 0.6 is 0 Å². The molecule has 2 aromatic carbocycles. The molecule has 2 amide bonds. The first-order valence-electron chi connectivity index (χ1n) is 12.5. The van der Waals surface area contributed by atoms with E-state index in [9.17, 15) is 22.4 Å². The number of carbonyl (C=O) groups is 2. The highest BCUT2D eigenvalue weighted by Gasteiger charge is 2.32. The largest absolute Gasteiger partial charge is 0.383 e. The number of likely N-dealkylation sites (tertiary alicyclic amines) is 1. The van der Waals surface area contributed by atoms with Crippen molar-refractivity contribution in [2.45, 2.75) is 39.3 Å². The van der Waals surface area contributed by atoms with Crippen molar-refractivity contribution < 1.29 is 27.1 Å². The number of aryl methyl sites for hydroxylation is 1. The number of nitrogens with zero attached hydrogens (tertiary/aromatic N) is 3. The lowest BCUT2D eigenvalue weighted by molar-refractivity contribution is -0.135. The van der Waals surface area contributed by atoms with Crippen molar-refractivity contribution in [3.63, 3.8) is 0 Å². The molecule has 0 spiro atoms. The van der Waals surface area contributed by atoms with E-state index in [1.165, 1.54) is 26.2 Å². The van der Waals surface area contributed by atoms with E-state index in [1.54, 1.807) is 21.9 Å². The fourth-order valence-corrected chi connectivity index (χ4v) is 5.47. The molecule has 0 unspecified atom stereocenters. The highest BCUT2D eigenvalue weighted by atomic mass is 32.2. The third kappa shape index (κ3) is 7.83. The van der Waals surface area contributed by atoms with Crippen molar-refractivity contribution in [1.82, 2.24) is 14.1 Å². The summed E-state index contributed by atoms with van der Waals surface area (Å²) < 4.78 is 45.3. The maximum absolute atomic E-state index is 13.9. The third-order valence-corrected chi connectivity index (χ3v) is 8.50. The summed E-state index contributed by atoms with van der Waals surface area (Å²) in [7, 11) is -2.16. The van der Waals surface area contributed by atoms with E-state index in [-0.39, 0.29) is 49.9 Å². The minimum Gasteiger partial charge on any atom is -0.383 e. The summed E-state index contributed by atoms with van der Waals surface area (Å²) >= 11 is 0. The molecule has 2 aromatic rings. The van der Waals surface area contributed by atoms with Gasteiger partial charge in [-0.15, -0.1) is 0 Å². The lowest BCUT2D eigenvalue weighted by atomic mass is 10.0. The van der Waals surface area contributed by atoms with Gasteiger partial charge in [-0.25, -0.2) is 12.8 Å². The molecule has 0 saturated carbocycles. The number of halogens is 1. The summed E-state index contributed by atoms with van der Waals surface area (Å²) in [5.74, 6) is -0.950. The van der Waals surface area contributed by atoms with Gasteiger partial charge in [-0.05, 0) is 56.5 Å². The number of hydrogen-bond acceptors (Lipinski definition) is 5. The average molecular weight is 534 g/mol. The Morgan fingerprint density at radius 2 is 1.78 bits per heavy atom. The summed E-state index contributed by atoms with van der Waals surface area (Å²) in [6.45, 7) is 4.48.